The van der Waals surface area contributed by atoms with Crippen LogP contribution in [-0.4, -0.2) is 50.6 Å². The molecular weight excluding hydrogens is 375 g/mol. The fourth-order valence-corrected chi connectivity index (χ4v) is 2.31. The molecule has 1 aromatic carbocycles. The highest BCUT2D eigenvalue weighted by molar-refractivity contribution is 14.0. The Bertz CT molecular complexity index is 497. The molecule has 0 atom stereocenters. The molecule has 1 aliphatic rings. The van der Waals surface area contributed by atoms with Crippen LogP contribution in [0.25, 0.3) is 0 Å². The molecule has 0 saturated heterocycles. The van der Waals surface area contributed by atoms with Crippen LogP contribution in [0.1, 0.15) is 19.4 Å². The summed E-state index contributed by atoms with van der Waals surface area (Å²) in [6, 6.07) is 8.57. The van der Waals surface area contributed by atoms with E-state index in [4.69, 9.17) is 0 Å². The predicted molar refractivity (Wildman–Crippen MR) is 102 cm³/mol. The highest BCUT2D eigenvalue weighted by Gasteiger charge is 2.25. The van der Waals surface area contributed by atoms with Gasteiger partial charge in [0.1, 0.15) is 0 Å². The first-order valence-electron chi connectivity index (χ1n) is 7.19. The van der Waals surface area contributed by atoms with Crippen LogP contribution in [0.5, 0.6) is 0 Å². The lowest BCUT2D eigenvalue weighted by Crippen LogP contribution is -2.51. The first-order chi connectivity index (χ1) is 9.45. The third kappa shape index (κ3) is 4.10. The lowest BCUT2D eigenvalue weighted by molar-refractivity contribution is 0.197. The van der Waals surface area contributed by atoms with Gasteiger partial charge in [-0.3, -0.25) is 4.99 Å². The average Bonchev–Trinajstić information content (AvgIpc) is 2.83. The van der Waals surface area contributed by atoms with Crippen molar-refractivity contribution in [1.82, 2.24) is 10.2 Å². The summed E-state index contributed by atoms with van der Waals surface area (Å²) in [7, 11) is 6.07. The minimum absolute atomic E-state index is 0. The Hall–Kier alpha value is -0.820. The smallest absolute Gasteiger partial charge is 0.198 e. The molecule has 1 aliphatic heterocycles. The zero-order valence-corrected chi connectivity index (χ0v) is 16.0. The van der Waals surface area contributed by atoms with Gasteiger partial charge in [0.15, 0.2) is 5.96 Å². The van der Waals surface area contributed by atoms with E-state index in [0.717, 1.165) is 25.5 Å². The standard InChI is InChI=1S/C16H26N4.HI/c1-16(2,19(4)5)12-18-15(17-3)20-11-10-13-8-6-7-9-14(13)20;/h6-9H,10-12H2,1-5H3,(H,17,18);1H. The molecule has 0 saturated carbocycles. The van der Waals surface area contributed by atoms with Gasteiger partial charge in [0.05, 0.1) is 0 Å². The number of anilines is 1. The monoisotopic (exact) mass is 402 g/mol. The van der Waals surface area contributed by atoms with Crippen molar-refractivity contribution in [2.24, 2.45) is 4.99 Å². The topological polar surface area (TPSA) is 30.9 Å². The summed E-state index contributed by atoms with van der Waals surface area (Å²) in [6.07, 6.45) is 1.09. The van der Waals surface area contributed by atoms with Crippen molar-refractivity contribution in [2.45, 2.75) is 25.8 Å². The molecule has 0 spiro atoms. The van der Waals surface area contributed by atoms with Crippen LogP contribution in [0.15, 0.2) is 29.3 Å². The van der Waals surface area contributed by atoms with Crippen molar-refractivity contribution >= 4 is 35.6 Å². The summed E-state index contributed by atoms with van der Waals surface area (Å²) in [5.74, 6) is 0.963. The summed E-state index contributed by atoms with van der Waals surface area (Å²) < 4.78 is 0. The minimum Gasteiger partial charge on any atom is -0.354 e. The lowest BCUT2D eigenvalue weighted by atomic mass is 10.0. The van der Waals surface area contributed by atoms with E-state index in [2.05, 4.69) is 72.3 Å². The average molecular weight is 402 g/mol. The Morgan fingerprint density at radius 1 is 1.33 bits per heavy atom. The number of fused-ring (bicyclic) bond motifs is 1. The highest BCUT2D eigenvalue weighted by atomic mass is 127. The molecule has 0 radical (unpaired) electrons. The van der Waals surface area contributed by atoms with Crippen LogP contribution in [0.4, 0.5) is 5.69 Å². The van der Waals surface area contributed by atoms with Gasteiger partial charge in [0.2, 0.25) is 0 Å². The second-order valence-electron chi connectivity index (χ2n) is 6.14. The Morgan fingerprint density at radius 2 is 2.00 bits per heavy atom. The van der Waals surface area contributed by atoms with E-state index in [-0.39, 0.29) is 29.5 Å². The number of likely N-dealkylation sites (N-methyl/N-ethyl adjacent to an activating group) is 1. The van der Waals surface area contributed by atoms with E-state index in [0.29, 0.717) is 0 Å². The van der Waals surface area contributed by atoms with Gasteiger partial charge < -0.3 is 15.1 Å². The number of nitrogens with one attached hydrogen (secondary N) is 1. The van der Waals surface area contributed by atoms with E-state index in [1.807, 2.05) is 7.05 Å². The molecule has 0 aliphatic carbocycles. The minimum atomic E-state index is 0. The van der Waals surface area contributed by atoms with E-state index < -0.39 is 0 Å². The normalized spacial score (nSPS) is 15.0. The van der Waals surface area contributed by atoms with Crippen molar-refractivity contribution < 1.29 is 0 Å². The molecule has 0 fully saturated rings. The fourth-order valence-electron chi connectivity index (χ4n) is 2.31. The van der Waals surface area contributed by atoms with Crippen LogP contribution >= 0.6 is 24.0 Å². The van der Waals surface area contributed by atoms with Gasteiger partial charge in [-0.1, -0.05) is 18.2 Å². The Labute approximate surface area is 145 Å². The molecule has 0 bridgehead atoms. The number of guanidine groups is 1. The van der Waals surface area contributed by atoms with Gasteiger partial charge in [-0.05, 0) is 46.0 Å². The van der Waals surface area contributed by atoms with E-state index >= 15 is 0 Å². The molecule has 1 N–H and O–H groups in total. The first-order valence-corrected chi connectivity index (χ1v) is 7.19. The highest BCUT2D eigenvalue weighted by Crippen LogP contribution is 2.27. The fraction of sp³-hybridized carbons (Fsp3) is 0.562. The maximum absolute atomic E-state index is 4.44. The summed E-state index contributed by atoms with van der Waals surface area (Å²) in [6.45, 7) is 6.32. The number of benzene rings is 1. The zero-order valence-electron chi connectivity index (χ0n) is 13.7. The second kappa shape index (κ2) is 7.45. The van der Waals surface area contributed by atoms with Crippen LogP contribution < -0.4 is 10.2 Å². The second-order valence-corrected chi connectivity index (χ2v) is 6.14. The molecule has 4 nitrogen and oxygen atoms in total. The molecule has 2 rings (SSSR count). The Kier molecular flexibility index (Phi) is 6.46. The summed E-state index contributed by atoms with van der Waals surface area (Å²) >= 11 is 0. The van der Waals surface area contributed by atoms with E-state index in [1.165, 1.54) is 11.3 Å². The maximum atomic E-state index is 4.44. The number of halogens is 1. The number of rotatable bonds is 3. The number of hydrogen-bond donors (Lipinski definition) is 1. The first kappa shape index (κ1) is 18.2. The van der Waals surface area contributed by atoms with Crippen LogP contribution in [0.2, 0.25) is 0 Å². The molecule has 21 heavy (non-hydrogen) atoms. The molecule has 0 amide bonds. The predicted octanol–water partition coefficient (Wildman–Crippen LogP) is 2.58. The van der Waals surface area contributed by atoms with Gasteiger partial charge in [0.25, 0.3) is 0 Å². The van der Waals surface area contributed by atoms with Gasteiger partial charge in [-0.25, -0.2) is 0 Å². The molecule has 0 unspecified atom stereocenters. The maximum Gasteiger partial charge on any atom is 0.198 e. The van der Waals surface area contributed by atoms with Crippen LogP contribution in [-0.2, 0) is 6.42 Å². The molecule has 0 aromatic heterocycles. The number of hydrogen-bond acceptors (Lipinski definition) is 2. The largest absolute Gasteiger partial charge is 0.354 e. The zero-order chi connectivity index (χ0) is 14.8. The van der Waals surface area contributed by atoms with Crippen molar-refractivity contribution in [3.05, 3.63) is 29.8 Å². The Balaban J connectivity index is 0.00000220. The van der Waals surface area contributed by atoms with E-state index in [1.54, 1.807) is 0 Å². The summed E-state index contributed by atoms with van der Waals surface area (Å²) in [4.78, 5) is 8.95. The van der Waals surface area contributed by atoms with Crippen molar-refractivity contribution in [3.8, 4) is 0 Å². The van der Waals surface area contributed by atoms with Gasteiger partial charge in [-0.2, -0.15) is 0 Å². The third-order valence-electron chi connectivity index (χ3n) is 4.24. The van der Waals surface area contributed by atoms with E-state index in [9.17, 15) is 0 Å². The van der Waals surface area contributed by atoms with Gasteiger partial charge in [-0.15, -0.1) is 24.0 Å². The summed E-state index contributed by atoms with van der Waals surface area (Å²) in [5, 5.41) is 3.51. The van der Waals surface area contributed by atoms with Crippen molar-refractivity contribution in [3.63, 3.8) is 0 Å². The SMILES string of the molecule is CN=C(NCC(C)(C)N(C)C)N1CCc2ccccc21.I. The van der Waals surface area contributed by atoms with Crippen LogP contribution in [0.3, 0.4) is 0 Å². The van der Waals surface area contributed by atoms with Crippen molar-refractivity contribution in [1.29, 1.82) is 0 Å². The molecule has 1 heterocycles. The molecule has 1 aromatic rings. The van der Waals surface area contributed by atoms with Gasteiger partial charge >= 0.3 is 0 Å². The molecular formula is C16H27IN4. The molecule has 5 heteroatoms. The van der Waals surface area contributed by atoms with Gasteiger partial charge in [0, 0.05) is 31.4 Å². The molecule has 118 valence electrons. The van der Waals surface area contributed by atoms with Crippen LogP contribution in [0, 0.1) is 0 Å². The quantitative estimate of drug-likeness (QED) is 0.479. The lowest BCUT2D eigenvalue weighted by Gasteiger charge is -2.34. The van der Waals surface area contributed by atoms with Crippen molar-refractivity contribution in [2.75, 3.05) is 39.1 Å². The third-order valence-corrected chi connectivity index (χ3v) is 4.24. The summed E-state index contributed by atoms with van der Waals surface area (Å²) in [5.41, 5.74) is 2.78. The number of nitrogens with zero attached hydrogens (tertiary/aromatic N) is 3. The Morgan fingerprint density at radius 3 is 2.62 bits per heavy atom. The number of aliphatic imine (C=N–C) groups is 1. The number of para-hydroxylation sites is 1.